The second kappa shape index (κ2) is 7.71. The summed E-state index contributed by atoms with van der Waals surface area (Å²) in [5, 5.41) is 0.637. The van der Waals surface area contributed by atoms with Gasteiger partial charge in [-0.2, -0.15) is 4.31 Å². The van der Waals surface area contributed by atoms with Crippen LogP contribution in [0.2, 0.25) is 10.0 Å². The first-order valence-corrected chi connectivity index (χ1v) is 10.1. The van der Waals surface area contributed by atoms with Crippen LogP contribution in [0.5, 0.6) is 0 Å². The number of hydrogen-bond donors (Lipinski definition) is 0. The molecule has 0 aliphatic carbocycles. The number of carbonyl (C=O) groups excluding carboxylic acids is 1. The minimum Gasteiger partial charge on any atom is -0.336 e. The standard InChI is InChI=1S/C17H14Cl2F2N2O3S/c18-12-7-11(8-13(19)9-12)17(24)22-3-5-23(6-4-22)27(25,26)16-2-1-14(20)10-15(16)21/h1-2,7-10H,3-6H2. The fourth-order valence-electron chi connectivity index (χ4n) is 2.81. The third-order valence-corrected chi connectivity index (χ3v) is 6.52. The molecule has 0 spiro atoms. The van der Waals surface area contributed by atoms with Crippen molar-refractivity contribution in [1.82, 2.24) is 9.21 Å². The first-order valence-electron chi connectivity index (χ1n) is 7.89. The summed E-state index contributed by atoms with van der Waals surface area (Å²) in [6.45, 7) is 0.203. The predicted molar refractivity (Wildman–Crippen MR) is 97.5 cm³/mol. The molecule has 0 aromatic heterocycles. The van der Waals surface area contributed by atoms with E-state index in [4.69, 9.17) is 23.2 Å². The maximum atomic E-state index is 13.9. The number of nitrogens with zero attached hydrogens (tertiary/aromatic N) is 2. The first-order chi connectivity index (χ1) is 12.7. The van der Waals surface area contributed by atoms with Crippen LogP contribution in [0.15, 0.2) is 41.3 Å². The highest BCUT2D eigenvalue weighted by atomic mass is 35.5. The Kier molecular flexibility index (Phi) is 5.71. The highest BCUT2D eigenvalue weighted by molar-refractivity contribution is 7.89. The summed E-state index contributed by atoms with van der Waals surface area (Å²) in [5.74, 6) is -2.34. The molecule has 2 aromatic carbocycles. The molecule has 1 fully saturated rings. The molecule has 1 amide bonds. The number of halogens is 4. The molecule has 0 N–H and O–H groups in total. The SMILES string of the molecule is O=C(c1cc(Cl)cc(Cl)c1)N1CCN(S(=O)(=O)c2ccc(F)cc2F)CC1. The Morgan fingerprint density at radius 2 is 1.52 bits per heavy atom. The highest BCUT2D eigenvalue weighted by Crippen LogP contribution is 2.23. The fourth-order valence-corrected chi connectivity index (χ4v) is 4.81. The fraction of sp³-hybridized carbons (Fsp3) is 0.235. The normalized spacial score (nSPS) is 15.8. The van der Waals surface area contributed by atoms with E-state index >= 15 is 0 Å². The molecule has 0 atom stereocenters. The van der Waals surface area contributed by atoms with Crippen molar-refractivity contribution in [3.63, 3.8) is 0 Å². The summed E-state index contributed by atoms with van der Waals surface area (Å²) in [7, 11) is -4.13. The number of hydrogen-bond acceptors (Lipinski definition) is 3. The molecule has 0 radical (unpaired) electrons. The van der Waals surface area contributed by atoms with Crippen LogP contribution in [0.3, 0.4) is 0 Å². The monoisotopic (exact) mass is 434 g/mol. The van der Waals surface area contributed by atoms with Crippen LogP contribution in [0.25, 0.3) is 0 Å². The molecule has 144 valence electrons. The lowest BCUT2D eigenvalue weighted by molar-refractivity contribution is 0.0697. The number of amides is 1. The zero-order chi connectivity index (χ0) is 19.8. The van der Waals surface area contributed by atoms with Crippen molar-refractivity contribution in [3.8, 4) is 0 Å². The van der Waals surface area contributed by atoms with Gasteiger partial charge in [0.05, 0.1) is 0 Å². The predicted octanol–water partition coefficient (Wildman–Crippen LogP) is 3.42. The second-order valence-electron chi connectivity index (χ2n) is 5.93. The van der Waals surface area contributed by atoms with Crippen molar-refractivity contribution in [2.45, 2.75) is 4.90 Å². The Labute approximate surface area is 165 Å². The van der Waals surface area contributed by atoms with Crippen molar-refractivity contribution >= 4 is 39.1 Å². The molecular formula is C17H14Cl2F2N2O3S. The maximum Gasteiger partial charge on any atom is 0.254 e. The van der Waals surface area contributed by atoms with E-state index in [1.54, 1.807) is 0 Å². The van der Waals surface area contributed by atoms with Crippen LogP contribution in [-0.4, -0.2) is 49.7 Å². The molecule has 3 rings (SSSR count). The molecule has 1 aliphatic rings. The topological polar surface area (TPSA) is 57.7 Å². The largest absolute Gasteiger partial charge is 0.336 e. The summed E-state index contributed by atoms with van der Waals surface area (Å²) in [4.78, 5) is 13.4. The van der Waals surface area contributed by atoms with Crippen molar-refractivity contribution in [3.05, 3.63) is 63.6 Å². The van der Waals surface area contributed by atoms with Crippen LogP contribution >= 0.6 is 23.2 Å². The molecule has 10 heteroatoms. The summed E-state index contributed by atoms with van der Waals surface area (Å²) in [6.07, 6.45) is 0. The van der Waals surface area contributed by atoms with Crippen LogP contribution in [0.1, 0.15) is 10.4 Å². The van der Waals surface area contributed by atoms with Crippen LogP contribution in [0, 0.1) is 11.6 Å². The molecule has 1 aliphatic heterocycles. The van der Waals surface area contributed by atoms with E-state index < -0.39 is 26.6 Å². The van der Waals surface area contributed by atoms with Gasteiger partial charge in [-0.1, -0.05) is 23.2 Å². The summed E-state index contributed by atoms with van der Waals surface area (Å²) >= 11 is 11.8. The van der Waals surface area contributed by atoms with E-state index in [0.29, 0.717) is 21.7 Å². The van der Waals surface area contributed by atoms with Gasteiger partial charge in [0.25, 0.3) is 5.91 Å². The number of benzene rings is 2. The van der Waals surface area contributed by atoms with Gasteiger partial charge in [0.1, 0.15) is 16.5 Å². The van der Waals surface area contributed by atoms with Crippen molar-refractivity contribution in [2.75, 3.05) is 26.2 Å². The summed E-state index contributed by atoms with van der Waals surface area (Å²) < 4.78 is 53.1. The molecule has 5 nitrogen and oxygen atoms in total. The van der Waals surface area contributed by atoms with Gasteiger partial charge in [0.2, 0.25) is 10.0 Å². The van der Waals surface area contributed by atoms with Gasteiger partial charge >= 0.3 is 0 Å². The van der Waals surface area contributed by atoms with E-state index in [1.165, 1.54) is 23.1 Å². The van der Waals surface area contributed by atoms with Gasteiger partial charge in [-0.05, 0) is 30.3 Å². The maximum absolute atomic E-state index is 13.9. The Hall–Kier alpha value is -1.74. The summed E-state index contributed by atoms with van der Waals surface area (Å²) in [6, 6.07) is 6.76. The van der Waals surface area contributed by atoms with Crippen LogP contribution in [-0.2, 0) is 10.0 Å². The second-order valence-corrected chi connectivity index (χ2v) is 8.71. The lowest BCUT2D eigenvalue weighted by Crippen LogP contribution is -2.50. The van der Waals surface area contributed by atoms with Gasteiger partial charge in [-0.3, -0.25) is 4.79 Å². The number of carbonyl (C=O) groups is 1. The first kappa shape index (κ1) is 20.0. The van der Waals surface area contributed by atoms with E-state index in [9.17, 15) is 22.0 Å². The average molecular weight is 435 g/mol. The molecule has 27 heavy (non-hydrogen) atoms. The van der Waals surface area contributed by atoms with E-state index in [-0.39, 0.29) is 32.1 Å². The Balaban J connectivity index is 1.73. The molecule has 0 saturated carbocycles. The third-order valence-electron chi connectivity index (χ3n) is 4.15. The molecule has 1 saturated heterocycles. The zero-order valence-electron chi connectivity index (χ0n) is 13.8. The Morgan fingerprint density at radius 3 is 2.07 bits per heavy atom. The van der Waals surface area contributed by atoms with Crippen molar-refractivity contribution < 1.29 is 22.0 Å². The van der Waals surface area contributed by atoms with Crippen molar-refractivity contribution in [2.24, 2.45) is 0 Å². The molecular weight excluding hydrogens is 421 g/mol. The smallest absolute Gasteiger partial charge is 0.254 e. The van der Waals surface area contributed by atoms with Gasteiger partial charge in [0, 0.05) is 47.9 Å². The van der Waals surface area contributed by atoms with Crippen LogP contribution < -0.4 is 0 Å². The van der Waals surface area contributed by atoms with E-state index in [2.05, 4.69) is 0 Å². The molecule has 2 aromatic rings. The zero-order valence-corrected chi connectivity index (χ0v) is 16.2. The van der Waals surface area contributed by atoms with Gasteiger partial charge in [-0.15, -0.1) is 0 Å². The number of rotatable bonds is 3. The minimum atomic E-state index is -4.13. The minimum absolute atomic E-state index is 0.0147. The lowest BCUT2D eigenvalue weighted by Gasteiger charge is -2.34. The van der Waals surface area contributed by atoms with E-state index in [0.717, 1.165) is 16.4 Å². The highest BCUT2D eigenvalue weighted by Gasteiger charge is 2.32. The van der Waals surface area contributed by atoms with Gasteiger partial charge < -0.3 is 4.90 Å². The number of sulfonamides is 1. The quantitative estimate of drug-likeness (QED) is 0.743. The van der Waals surface area contributed by atoms with Crippen LogP contribution in [0.4, 0.5) is 8.78 Å². The van der Waals surface area contributed by atoms with Gasteiger partial charge in [0.15, 0.2) is 0 Å². The molecule has 0 unspecified atom stereocenters. The summed E-state index contributed by atoms with van der Waals surface area (Å²) in [5.41, 5.74) is 0.299. The third kappa shape index (κ3) is 4.24. The number of piperazine rings is 1. The lowest BCUT2D eigenvalue weighted by atomic mass is 10.2. The van der Waals surface area contributed by atoms with Gasteiger partial charge in [-0.25, -0.2) is 17.2 Å². The Bertz CT molecular complexity index is 973. The Morgan fingerprint density at radius 1 is 0.926 bits per heavy atom. The van der Waals surface area contributed by atoms with E-state index in [1.807, 2.05) is 0 Å². The molecule has 1 heterocycles. The molecule has 0 bridgehead atoms. The average Bonchev–Trinajstić information content (AvgIpc) is 2.60. The van der Waals surface area contributed by atoms with Crippen molar-refractivity contribution in [1.29, 1.82) is 0 Å².